The maximum atomic E-state index is 13.2. The van der Waals surface area contributed by atoms with E-state index >= 15 is 0 Å². The largest absolute Gasteiger partial charge is 0.481 e. The third kappa shape index (κ3) is 3.30. The highest BCUT2D eigenvalue weighted by molar-refractivity contribution is 6.17. The van der Waals surface area contributed by atoms with Crippen molar-refractivity contribution in [1.29, 1.82) is 0 Å². The van der Waals surface area contributed by atoms with Crippen LogP contribution in [0.3, 0.4) is 0 Å². The van der Waals surface area contributed by atoms with E-state index < -0.39 is 40.9 Å². The molecule has 0 radical (unpaired) electrons. The third-order valence-corrected chi connectivity index (χ3v) is 3.71. The summed E-state index contributed by atoms with van der Waals surface area (Å²) in [4.78, 5) is 36.1. The fourth-order valence-electron chi connectivity index (χ4n) is 2.43. The summed E-state index contributed by atoms with van der Waals surface area (Å²) in [7, 11) is 0. The zero-order valence-corrected chi connectivity index (χ0v) is 12.6. The summed E-state index contributed by atoms with van der Waals surface area (Å²) in [5, 5.41) is 11.1. The first-order chi connectivity index (χ1) is 10.6. The van der Waals surface area contributed by atoms with Gasteiger partial charge in [0.05, 0.1) is 6.42 Å². The molecule has 0 aromatic heterocycles. The maximum Gasteiger partial charge on any atom is 0.305 e. The first kappa shape index (κ1) is 16.9. The van der Waals surface area contributed by atoms with E-state index in [0.717, 1.165) is 17.0 Å². The molecule has 1 aromatic rings. The summed E-state index contributed by atoms with van der Waals surface area (Å²) in [6, 6.07) is 2.06. The van der Waals surface area contributed by atoms with E-state index in [4.69, 9.17) is 5.11 Å². The van der Waals surface area contributed by atoms with Crippen molar-refractivity contribution in [3.63, 3.8) is 0 Å². The molecule has 1 aliphatic heterocycles. The number of rotatable bonds is 5. The standard InChI is InChI=1S/C15H16F2N2O4/c1-8(3-12(20)21)18-13(22)15(2)7-19(14(15)23)11-5-9(16)4-10(17)6-11/h4-6,8H,3,7H2,1-2H3,(H,18,22)(H,20,21). The van der Waals surface area contributed by atoms with Crippen molar-refractivity contribution in [1.82, 2.24) is 5.32 Å². The first-order valence-electron chi connectivity index (χ1n) is 6.94. The zero-order chi connectivity index (χ0) is 17.4. The van der Waals surface area contributed by atoms with Gasteiger partial charge in [-0.3, -0.25) is 14.4 Å². The molecule has 1 saturated heterocycles. The van der Waals surface area contributed by atoms with Crippen molar-refractivity contribution in [2.24, 2.45) is 5.41 Å². The Balaban J connectivity index is 2.07. The van der Waals surface area contributed by atoms with Crippen LogP contribution in [0.1, 0.15) is 20.3 Å². The van der Waals surface area contributed by atoms with Crippen molar-refractivity contribution in [2.75, 3.05) is 11.4 Å². The van der Waals surface area contributed by atoms with Gasteiger partial charge in [-0.25, -0.2) is 8.78 Å². The van der Waals surface area contributed by atoms with Gasteiger partial charge in [-0.15, -0.1) is 0 Å². The lowest BCUT2D eigenvalue weighted by Crippen LogP contribution is -2.67. The second kappa shape index (κ2) is 5.94. The van der Waals surface area contributed by atoms with Gasteiger partial charge in [0.2, 0.25) is 11.8 Å². The number of carboxylic acid groups (broad SMARTS) is 1. The molecule has 0 saturated carbocycles. The van der Waals surface area contributed by atoms with E-state index in [1.165, 1.54) is 13.8 Å². The number of carbonyl (C=O) groups is 3. The molecule has 0 spiro atoms. The Kier molecular flexibility index (Phi) is 4.35. The molecule has 6 nitrogen and oxygen atoms in total. The van der Waals surface area contributed by atoms with Crippen LogP contribution in [-0.2, 0) is 14.4 Å². The van der Waals surface area contributed by atoms with E-state index in [1.807, 2.05) is 0 Å². The number of nitrogens with one attached hydrogen (secondary N) is 1. The van der Waals surface area contributed by atoms with Gasteiger partial charge in [0.15, 0.2) is 0 Å². The molecule has 1 heterocycles. The van der Waals surface area contributed by atoms with E-state index in [2.05, 4.69) is 5.32 Å². The van der Waals surface area contributed by atoms with Crippen LogP contribution in [0, 0.1) is 17.0 Å². The van der Waals surface area contributed by atoms with Crippen LogP contribution < -0.4 is 10.2 Å². The van der Waals surface area contributed by atoms with E-state index in [9.17, 15) is 23.2 Å². The van der Waals surface area contributed by atoms with Crippen molar-refractivity contribution in [3.8, 4) is 0 Å². The molecular weight excluding hydrogens is 310 g/mol. The van der Waals surface area contributed by atoms with Crippen molar-refractivity contribution >= 4 is 23.5 Å². The Morgan fingerprint density at radius 1 is 1.35 bits per heavy atom. The van der Waals surface area contributed by atoms with Gasteiger partial charge >= 0.3 is 5.97 Å². The number of halogens is 2. The van der Waals surface area contributed by atoms with Gasteiger partial charge in [0.1, 0.15) is 17.0 Å². The molecular formula is C15H16F2N2O4. The fraction of sp³-hybridized carbons (Fsp3) is 0.400. The summed E-state index contributed by atoms with van der Waals surface area (Å²) < 4.78 is 26.4. The molecule has 124 valence electrons. The van der Waals surface area contributed by atoms with E-state index in [0.29, 0.717) is 6.07 Å². The molecule has 0 bridgehead atoms. The molecule has 1 fully saturated rings. The summed E-state index contributed by atoms with van der Waals surface area (Å²) in [6.45, 7) is 2.88. The molecule has 2 rings (SSSR count). The number of carboxylic acids is 1. The predicted octanol–water partition coefficient (Wildman–Crippen LogP) is 1.30. The summed E-state index contributed by atoms with van der Waals surface area (Å²) >= 11 is 0. The molecule has 2 unspecified atom stereocenters. The van der Waals surface area contributed by atoms with Crippen molar-refractivity contribution in [3.05, 3.63) is 29.8 Å². The molecule has 0 aliphatic carbocycles. The summed E-state index contributed by atoms with van der Waals surface area (Å²) in [6.07, 6.45) is -0.269. The number of anilines is 1. The molecule has 1 aliphatic rings. The number of amides is 2. The summed E-state index contributed by atoms with van der Waals surface area (Å²) in [5.41, 5.74) is -1.34. The smallest absolute Gasteiger partial charge is 0.305 e. The first-order valence-corrected chi connectivity index (χ1v) is 6.94. The average Bonchev–Trinajstić information content (AvgIpc) is 2.41. The van der Waals surface area contributed by atoms with E-state index in [1.54, 1.807) is 0 Å². The average molecular weight is 326 g/mol. The van der Waals surface area contributed by atoms with Gasteiger partial charge in [-0.05, 0) is 26.0 Å². The van der Waals surface area contributed by atoms with Crippen LogP contribution in [0.2, 0.25) is 0 Å². The molecule has 1 aromatic carbocycles. The Morgan fingerprint density at radius 2 is 1.91 bits per heavy atom. The quantitative estimate of drug-likeness (QED) is 0.631. The normalized spacial score (nSPS) is 21.6. The Bertz CT molecular complexity index is 659. The maximum absolute atomic E-state index is 13.2. The minimum Gasteiger partial charge on any atom is -0.481 e. The van der Waals surface area contributed by atoms with Gasteiger partial charge in [0, 0.05) is 24.3 Å². The van der Waals surface area contributed by atoms with Crippen LogP contribution in [0.25, 0.3) is 0 Å². The number of β-lactam (4-membered cyclic amide) rings is 1. The highest BCUT2D eigenvalue weighted by Gasteiger charge is 2.54. The van der Waals surface area contributed by atoms with Crippen LogP contribution in [0.5, 0.6) is 0 Å². The van der Waals surface area contributed by atoms with Crippen LogP contribution in [0.4, 0.5) is 14.5 Å². The zero-order valence-electron chi connectivity index (χ0n) is 12.6. The minimum atomic E-state index is -1.38. The lowest BCUT2D eigenvalue weighted by molar-refractivity contribution is -0.146. The molecule has 8 heteroatoms. The van der Waals surface area contributed by atoms with Gasteiger partial charge in [-0.1, -0.05) is 0 Å². The second-order valence-electron chi connectivity index (χ2n) is 5.82. The molecule has 2 amide bonds. The molecule has 2 atom stereocenters. The number of hydrogen-bond acceptors (Lipinski definition) is 3. The third-order valence-electron chi connectivity index (χ3n) is 3.71. The SMILES string of the molecule is CC(CC(=O)O)NC(=O)C1(C)CN(c2cc(F)cc(F)c2)C1=O. The van der Waals surface area contributed by atoms with Gasteiger partial charge < -0.3 is 15.3 Å². The lowest BCUT2D eigenvalue weighted by atomic mass is 9.79. The number of hydrogen-bond donors (Lipinski definition) is 2. The second-order valence-corrected chi connectivity index (χ2v) is 5.82. The van der Waals surface area contributed by atoms with Gasteiger partial charge in [0.25, 0.3) is 0 Å². The molecule has 2 N–H and O–H groups in total. The highest BCUT2D eigenvalue weighted by Crippen LogP contribution is 2.36. The number of nitrogens with zero attached hydrogens (tertiary/aromatic N) is 1. The van der Waals surface area contributed by atoms with Crippen LogP contribution in [-0.4, -0.2) is 35.5 Å². The number of carbonyl (C=O) groups excluding carboxylic acids is 2. The molecule has 23 heavy (non-hydrogen) atoms. The Labute approximate surface area is 131 Å². The topological polar surface area (TPSA) is 86.7 Å². The number of benzene rings is 1. The van der Waals surface area contributed by atoms with E-state index in [-0.39, 0.29) is 18.7 Å². The van der Waals surface area contributed by atoms with Crippen molar-refractivity contribution < 1.29 is 28.3 Å². The van der Waals surface area contributed by atoms with Crippen LogP contribution in [0.15, 0.2) is 18.2 Å². The Hall–Kier alpha value is -2.51. The fourth-order valence-corrected chi connectivity index (χ4v) is 2.43. The predicted molar refractivity (Wildman–Crippen MR) is 76.7 cm³/mol. The highest BCUT2D eigenvalue weighted by atomic mass is 19.1. The summed E-state index contributed by atoms with van der Waals surface area (Å²) in [5.74, 6) is -3.91. The van der Waals surface area contributed by atoms with Gasteiger partial charge in [-0.2, -0.15) is 0 Å². The Morgan fingerprint density at radius 3 is 2.39 bits per heavy atom. The van der Waals surface area contributed by atoms with Crippen LogP contribution >= 0.6 is 0 Å². The lowest BCUT2D eigenvalue weighted by Gasteiger charge is -2.45. The number of aliphatic carboxylic acids is 1. The monoisotopic (exact) mass is 326 g/mol. The van der Waals surface area contributed by atoms with Crippen molar-refractivity contribution in [2.45, 2.75) is 26.3 Å². The minimum absolute atomic E-state index is 0.0383.